The van der Waals surface area contributed by atoms with Crippen LogP contribution >= 0.6 is 0 Å². The van der Waals surface area contributed by atoms with Crippen molar-refractivity contribution < 1.29 is 14.6 Å². The van der Waals surface area contributed by atoms with Crippen molar-refractivity contribution in [3.63, 3.8) is 0 Å². The van der Waals surface area contributed by atoms with Gasteiger partial charge in [0.05, 0.1) is 15.9 Å². The van der Waals surface area contributed by atoms with Crippen LogP contribution in [0.2, 0.25) is 0 Å². The van der Waals surface area contributed by atoms with Crippen LogP contribution in [-0.4, -0.2) is 30.1 Å². The zero-order valence-electron chi connectivity index (χ0n) is 12.3. The maximum atomic E-state index is 11.0. The average molecular weight is 297 g/mol. The van der Waals surface area contributed by atoms with Crippen molar-refractivity contribution in [2.75, 3.05) is 25.6 Å². The first-order chi connectivity index (χ1) is 9.76. The number of non-ortho nitro benzene ring substituents is 1. The van der Waals surface area contributed by atoms with Crippen LogP contribution in [0.1, 0.15) is 20.3 Å². The van der Waals surface area contributed by atoms with Gasteiger partial charge in [-0.3, -0.25) is 20.2 Å². The number of nitro groups is 2. The third kappa shape index (κ3) is 4.99. The molecule has 0 aliphatic heterocycles. The summed E-state index contributed by atoms with van der Waals surface area (Å²) in [6.07, 6.45) is 0.789. The van der Waals surface area contributed by atoms with Crippen molar-refractivity contribution in [2.24, 2.45) is 5.41 Å². The predicted molar refractivity (Wildman–Crippen MR) is 78.5 cm³/mol. The van der Waals surface area contributed by atoms with Gasteiger partial charge in [0, 0.05) is 26.3 Å². The molecule has 1 N–H and O–H groups in total. The second-order valence-electron chi connectivity index (χ2n) is 5.48. The molecule has 0 radical (unpaired) electrons. The Morgan fingerprint density at radius 1 is 1.24 bits per heavy atom. The topological polar surface area (TPSA) is 108 Å². The van der Waals surface area contributed by atoms with Gasteiger partial charge in [-0.1, -0.05) is 13.8 Å². The molecule has 1 aromatic carbocycles. The van der Waals surface area contributed by atoms with E-state index in [0.29, 0.717) is 13.2 Å². The molecule has 1 rings (SSSR count). The molecule has 8 heteroatoms. The molecular weight excluding hydrogens is 278 g/mol. The van der Waals surface area contributed by atoms with E-state index in [1.165, 1.54) is 12.1 Å². The summed E-state index contributed by atoms with van der Waals surface area (Å²) in [6, 6.07) is 3.57. The molecule has 8 nitrogen and oxygen atoms in total. The molecule has 0 aliphatic carbocycles. The Morgan fingerprint density at radius 2 is 1.90 bits per heavy atom. The SMILES string of the molecule is COCCC(C)(C)CNc1ccc([N+](=O)[O-])cc1[N+](=O)[O-]. The number of benzene rings is 1. The fourth-order valence-electron chi connectivity index (χ4n) is 1.74. The maximum absolute atomic E-state index is 11.0. The monoisotopic (exact) mass is 297 g/mol. The summed E-state index contributed by atoms with van der Waals surface area (Å²) in [5, 5.41) is 24.7. The van der Waals surface area contributed by atoms with E-state index in [-0.39, 0.29) is 22.5 Å². The lowest BCUT2D eigenvalue weighted by Gasteiger charge is -2.25. The highest BCUT2D eigenvalue weighted by Gasteiger charge is 2.22. The first-order valence-corrected chi connectivity index (χ1v) is 6.42. The fraction of sp³-hybridized carbons (Fsp3) is 0.538. The van der Waals surface area contributed by atoms with Crippen molar-refractivity contribution in [3.8, 4) is 0 Å². The fourth-order valence-corrected chi connectivity index (χ4v) is 1.74. The number of nitrogens with one attached hydrogen (secondary N) is 1. The smallest absolute Gasteiger partial charge is 0.299 e. The third-order valence-electron chi connectivity index (χ3n) is 3.13. The predicted octanol–water partition coefficient (Wildman–Crippen LogP) is 2.98. The third-order valence-corrected chi connectivity index (χ3v) is 3.13. The summed E-state index contributed by atoms with van der Waals surface area (Å²) < 4.78 is 5.02. The summed E-state index contributed by atoms with van der Waals surface area (Å²) in [4.78, 5) is 20.4. The largest absolute Gasteiger partial charge is 0.385 e. The zero-order chi connectivity index (χ0) is 16.0. The Hall–Kier alpha value is -2.22. The van der Waals surface area contributed by atoms with Crippen molar-refractivity contribution >= 4 is 17.1 Å². The highest BCUT2D eigenvalue weighted by Crippen LogP contribution is 2.30. The van der Waals surface area contributed by atoms with E-state index in [9.17, 15) is 20.2 Å². The van der Waals surface area contributed by atoms with Crippen LogP contribution in [0.5, 0.6) is 0 Å². The standard InChI is InChI=1S/C13H19N3O5/c1-13(2,6-7-21-3)9-14-11-5-4-10(15(17)18)8-12(11)16(19)20/h4-5,8,14H,6-7,9H2,1-3H3. The molecule has 0 saturated carbocycles. The molecule has 116 valence electrons. The number of hydrogen-bond acceptors (Lipinski definition) is 6. The summed E-state index contributed by atoms with van der Waals surface area (Å²) in [6.45, 7) is 5.11. The van der Waals surface area contributed by atoms with Crippen LogP contribution in [0.25, 0.3) is 0 Å². The van der Waals surface area contributed by atoms with Crippen molar-refractivity contribution in [3.05, 3.63) is 38.4 Å². The Morgan fingerprint density at radius 3 is 2.43 bits per heavy atom. The highest BCUT2D eigenvalue weighted by molar-refractivity contribution is 5.65. The van der Waals surface area contributed by atoms with Gasteiger partial charge < -0.3 is 10.1 Å². The number of methoxy groups -OCH3 is 1. The van der Waals surface area contributed by atoms with Gasteiger partial charge in [0.25, 0.3) is 11.4 Å². The van der Waals surface area contributed by atoms with E-state index < -0.39 is 9.85 Å². The van der Waals surface area contributed by atoms with Crippen LogP contribution in [0.15, 0.2) is 18.2 Å². The number of anilines is 1. The summed E-state index contributed by atoms with van der Waals surface area (Å²) >= 11 is 0. The second kappa shape index (κ2) is 6.98. The van der Waals surface area contributed by atoms with Crippen LogP contribution in [0.4, 0.5) is 17.1 Å². The molecule has 0 aliphatic rings. The summed E-state index contributed by atoms with van der Waals surface area (Å²) in [7, 11) is 1.62. The Kier molecular flexibility index (Phi) is 5.60. The molecule has 1 aromatic rings. The molecule has 0 atom stereocenters. The van der Waals surface area contributed by atoms with Gasteiger partial charge in [0.1, 0.15) is 5.69 Å². The van der Waals surface area contributed by atoms with Crippen LogP contribution in [0.3, 0.4) is 0 Å². The Labute approximate surface area is 122 Å². The average Bonchev–Trinajstić information content (AvgIpc) is 2.42. The molecule has 21 heavy (non-hydrogen) atoms. The molecule has 0 aromatic heterocycles. The van der Waals surface area contributed by atoms with Crippen molar-refractivity contribution in [2.45, 2.75) is 20.3 Å². The van der Waals surface area contributed by atoms with Gasteiger partial charge in [0.2, 0.25) is 0 Å². The minimum absolute atomic E-state index is 0.119. The normalized spacial score (nSPS) is 11.2. The Bertz CT molecular complexity index is 531. The maximum Gasteiger partial charge on any atom is 0.299 e. The van der Waals surface area contributed by atoms with Crippen LogP contribution in [0, 0.1) is 25.6 Å². The van der Waals surface area contributed by atoms with E-state index >= 15 is 0 Å². The van der Waals surface area contributed by atoms with E-state index in [4.69, 9.17) is 4.74 Å². The molecular formula is C13H19N3O5. The molecule has 0 saturated heterocycles. The van der Waals surface area contributed by atoms with Crippen LogP contribution in [-0.2, 0) is 4.74 Å². The second-order valence-corrected chi connectivity index (χ2v) is 5.48. The number of rotatable bonds is 8. The number of hydrogen-bond donors (Lipinski definition) is 1. The van der Waals surface area contributed by atoms with Crippen molar-refractivity contribution in [1.82, 2.24) is 0 Å². The lowest BCUT2D eigenvalue weighted by atomic mass is 9.89. The molecule has 0 bridgehead atoms. The number of ether oxygens (including phenoxy) is 1. The summed E-state index contributed by atoms with van der Waals surface area (Å²) in [5.41, 5.74) is -0.445. The minimum atomic E-state index is -0.653. The van der Waals surface area contributed by atoms with Gasteiger partial charge in [-0.15, -0.1) is 0 Å². The molecule has 0 unspecified atom stereocenters. The highest BCUT2D eigenvalue weighted by atomic mass is 16.6. The first kappa shape index (κ1) is 16.8. The quantitative estimate of drug-likeness (QED) is 0.583. The first-order valence-electron chi connectivity index (χ1n) is 6.42. The molecule has 0 spiro atoms. The van der Waals surface area contributed by atoms with E-state index in [1.54, 1.807) is 7.11 Å². The van der Waals surface area contributed by atoms with E-state index in [1.807, 2.05) is 13.8 Å². The van der Waals surface area contributed by atoms with Gasteiger partial charge in [-0.05, 0) is 17.9 Å². The Balaban J connectivity index is 2.88. The van der Waals surface area contributed by atoms with Gasteiger partial charge in [-0.25, -0.2) is 0 Å². The van der Waals surface area contributed by atoms with Gasteiger partial charge >= 0.3 is 0 Å². The summed E-state index contributed by atoms with van der Waals surface area (Å²) in [5.74, 6) is 0. The van der Waals surface area contributed by atoms with E-state index in [0.717, 1.165) is 12.5 Å². The van der Waals surface area contributed by atoms with E-state index in [2.05, 4.69) is 5.32 Å². The van der Waals surface area contributed by atoms with Crippen LogP contribution < -0.4 is 5.32 Å². The lowest BCUT2D eigenvalue weighted by molar-refractivity contribution is -0.393. The number of nitro benzene ring substituents is 2. The minimum Gasteiger partial charge on any atom is -0.385 e. The van der Waals surface area contributed by atoms with Gasteiger partial charge in [0.15, 0.2) is 0 Å². The number of nitrogens with zero attached hydrogens (tertiary/aromatic N) is 2. The van der Waals surface area contributed by atoms with Gasteiger partial charge in [-0.2, -0.15) is 0 Å². The molecule has 0 fully saturated rings. The lowest BCUT2D eigenvalue weighted by Crippen LogP contribution is -2.24. The van der Waals surface area contributed by atoms with Crippen molar-refractivity contribution in [1.29, 1.82) is 0 Å². The molecule has 0 heterocycles. The zero-order valence-corrected chi connectivity index (χ0v) is 12.3. The molecule has 0 amide bonds.